The van der Waals surface area contributed by atoms with E-state index in [4.69, 9.17) is 4.55 Å². The predicted molar refractivity (Wildman–Crippen MR) is 54.5 cm³/mol. The Morgan fingerprint density at radius 1 is 1.13 bits per heavy atom. The monoisotopic (exact) mass is 226 g/mol. The van der Waals surface area contributed by atoms with Crippen LogP contribution < -0.4 is 0 Å². The Bertz CT molecular complexity index is 529. The number of hydrogen-bond acceptors (Lipinski definition) is 3. The van der Waals surface area contributed by atoms with E-state index in [9.17, 15) is 13.5 Å². The Hall–Kier alpha value is -1.33. The highest BCUT2D eigenvalue weighted by molar-refractivity contribution is 7.85. The highest BCUT2D eigenvalue weighted by Crippen LogP contribution is 2.29. The summed E-state index contributed by atoms with van der Waals surface area (Å²) >= 11 is 0. The molecule has 2 rings (SSSR count). The highest BCUT2D eigenvalue weighted by atomic mass is 32.2. The molecule has 4 nitrogen and oxygen atoms in total. The van der Waals surface area contributed by atoms with Crippen LogP contribution in [0.2, 0.25) is 0 Å². The van der Waals surface area contributed by atoms with Gasteiger partial charge in [-0.25, -0.2) is 0 Å². The number of allylic oxidation sites excluding steroid dienone is 2. The molecule has 15 heavy (non-hydrogen) atoms. The fourth-order valence-electron chi connectivity index (χ4n) is 1.67. The van der Waals surface area contributed by atoms with E-state index in [1.165, 1.54) is 6.07 Å². The number of phenolic OH excluding ortho intramolecular Hbond substituents is 1. The summed E-state index contributed by atoms with van der Waals surface area (Å²) in [4.78, 5) is -0.256. The lowest BCUT2D eigenvalue weighted by Crippen LogP contribution is -2.03. The first-order valence-corrected chi connectivity index (χ1v) is 5.90. The summed E-state index contributed by atoms with van der Waals surface area (Å²) in [5.74, 6) is -0.0792. The molecule has 0 fully saturated rings. The SMILES string of the molecule is O=S(=O)(O)c1cc(O)c2c(c1)CC=CC2. The van der Waals surface area contributed by atoms with E-state index in [1.807, 2.05) is 12.2 Å². The van der Waals surface area contributed by atoms with Gasteiger partial charge in [0.2, 0.25) is 0 Å². The summed E-state index contributed by atoms with van der Waals surface area (Å²) in [5.41, 5.74) is 1.47. The molecule has 0 spiro atoms. The number of phenols is 1. The molecule has 0 amide bonds. The van der Waals surface area contributed by atoms with Crippen LogP contribution in [0.1, 0.15) is 11.1 Å². The molecule has 1 aliphatic rings. The van der Waals surface area contributed by atoms with Crippen molar-refractivity contribution in [2.24, 2.45) is 0 Å². The van der Waals surface area contributed by atoms with Gasteiger partial charge in [-0.1, -0.05) is 12.2 Å². The Morgan fingerprint density at radius 2 is 1.80 bits per heavy atom. The van der Waals surface area contributed by atoms with Gasteiger partial charge < -0.3 is 5.11 Å². The summed E-state index contributed by atoms with van der Waals surface area (Å²) in [6.07, 6.45) is 4.98. The molecule has 1 aromatic rings. The van der Waals surface area contributed by atoms with Gasteiger partial charge in [-0.05, 0) is 24.5 Å². The van der Waals surface area contributed by atoms with Crippen molar-refractivity contribution in [2.75, 3.05) is 0 Å². The van der Waals surface area contributed by atoms with Crippen LogP contribution in [0.4, 0.5) is 0 Å². The molecular formula is C10H10O4S. The lowest BCUT2D eigenvalue weighted by Gasteiger charge is -2.13. The van der Waals surface area contributed by atoms with Crippen molar-refractivity contribution in [3.05, 3.63) is 35.4 Å². The van der Waals surface area contributed by atoms with Crippen LogP contribution >= 0.6 is 0 Å². The number of aromatic hydroxyl groups is 1. The van der Waals surface area contributed by atoms with Gasteiger partial charge in [-0.3, -0.25) is 4.55 Å². The second-order valence-electron chi connectivity index (χ2n) is 3.43. The van der Waals surface area contributed by atoms with Crippen LogP contribution in [0.15, 0.2) is 29.2 Å². The molecule has 0 aliphatic heterocycles. The number of benzene rings is 1. The van der Waals surface area contributed by atoms with Crippen molar-refractivity contribution in [2.45, 2.75) is 17.7 Å². The smallest absolute Gasteiger partial charge is 0.294 e. The molecule has 0 bridgehead atoms. The van der Waals surface area contributed by atoms with Gasteiger partial charge in [0.1, 0.15) is 5.75 Å². The third-order valence-electron chi connectivity index (χ3n) is 2.42. The molecule has 0 unspecified atom stereocenters. The van der Waals surface area contributed by atoms with Crippen LogP contribution in [0.3, 0.4) is 0 Å². The minimum atomic E-state index is -4.24. The molecule has 0 atom stereocenters. The minimum absolute atomic E-state index is 0.0792. The first-order valence-electron chi connectivity index (χ1n) is 4.46. The van der Waals surface area contributed by atoms with E-state index in [0.29, 0.717) is 12.8 Å². The summed E-state index contributed by atoms with van der Waals surface area (Å²) < 4.78 is 30.7. The van der Waals surface area contributed by atoms with Crippen LogP contribution in [0, 0.1) is 0 Å². The largest absolute Gasteiger partial charge is 0.508 e. The molecule has 0 aromatic heterocycles. The molecular weight excluding hydrogens is 216 g/mol. The van der Waals surface area contributed by atoms with Gasteiger partial charge in [0.05, 0.1) is 4.90 Å². The summed E-state index contributed by atoms with van der Waals surface area (Å²) in [6, 6.07) is 2.47. The Kier molecular flexibility index (Phi) is 2.28. The second-order valence-corrected chi connectivity index (χ2v) is 4.86. The normalized spacial score (nSPS) is 15.0. The topological polar surface area (TPSA) is 74.6 Å². The van der Waals surface area contributed by atoms with Crippen LogP contribution in [-0.2, 0) is 23.0 Å². The molecule has 80 valence electrons. The number of rotatable bonds is 1. The Morgan fingerprint density at radius 3 is 2.47 bits per heavy atom. The highest BCUT2D eigenvalue weighted by Gasteiger charge is 2.17. The zero-order valence-electron chi connectivity index (χ0n) is 7.84. The maximum atomic E-state index is 10.9. The van der Waals surface area contributed by atoms with Crippen molar-refractivity contribution >= 4 is 10.1 Å². The molecule has 5 heteroatoms. The maximum Gasteiger partial charge on any atom is 0.294 e. The van der Waals surface area contributed by atoms with Crippen LogP contribution in [0.25, 0.3) is 0 Å². The average Bonchev–Trinajstić information content (AvgIpc) is 2.16. The average molecular weight is 226 g/mol. The van der Waals surface area contributed by atoms with E-state index < -0.39 is 10.1 Å². The van der Waals surface area contributed by atoms with Crippen molar-refractivity contribution < 1.29 is 18.1 Å². The molecule has 1 aliphatic carbocycles. The van der Waals surface area contributed by atoms with Crippen molar-refractivity contribution in [3.63, 3.8) is 0 Å². The van der Waals surface area contributed by atoms with Crippen molar-refractivity contribution in [3.8, 4) is 5.75 Å². The minimum Gasteiger partial charge on any atom is -0.508 e. The van der Waals surface area contributed by atoms with Crippen molar-refractivity contribution in [1.29, 1.82) is 0 Å². The van der Waals surface area contributed by atoms with E-state index in [-0.39, 0.29) is 10.6 Å². The first kappa shape index (κ1) is 10.2. The van der Waals surface area contributed by atoms with E-state index >= 15 is 0 Å². The van der Waals surface area contributed by atoms with Gasteiger partial charge in [0.25, 0.3) is 10.1 Å². The number of hydrogen-bond donors (Lipinski definition) is 2. The van der Waals surface area contributed by atoms with E-state index in [0.717, 1.165) is 17.2 Å². The van der Waals surface area contributed by atoms with Crippen LogP contribution in [-0.4, -0.2) is 18.1 Å². The van der Waals surface area contributed by atoms with E-state index in [1.54, 1.807) is 0 Å². The lowest BCUT2D eigenvalue weighted by molar-refractivity contribution is 0.460. The van der Waals surface area contributed by atoms with Gasteiger partial charge in [-0.15, -0.1) is 0 Å². The quantitative estimate of drug-likeness (QED) is 0.559. The van der Waals surface area contributed by atoms with Gasteiger partial charge in [-0.2, -0.15) is 8.42 Å². The fraction of sp³-hybridized carbons (Fsp3) is 0.200. The molecule has 2 N–H and O–H groups in total. The van der Waals surface area contributed by atoms with Crippen LogP contribution in [0.5, 0.6) is 5.75 Å². The third kappa shape index (κ3) is 1.88. The van der Waals surface area contributed by atoms with E-state index in [2.05, 4.69) is 0 Å². The van der Waals surface area contributed by atoms with Gasteiger partial charge in [0, 0.05) is 11.6 Å². The predicted octanol–water partition coefficient (Wildman–Crippen LogP) is 1.29. The Labute approximate surface area is 87.6 Å². The zero-order valence-corrected chi connectivity index (χ0v) is 8.66. The Balaban J connectivity index is 2.62. The first-order chi connectivity index (χ1) is 6.98. The standard InChI is InChI=1S/C10H10O4S/c11-10-6-8(15(12,13)14)5-7-3-1-2-4-9(7)10/h1-2,5-6,11H,3-4H2,(H,12,13,14). The summed E-state index contributed by atoms with van der Waals surface area (Å²) in [6.45, 7) is 0. The van der Waals surface area contributed by atoms with Crippen molar-refractivity contribution in [1.82, 2.24) is 0 Å². The van der Waals surface area contributed by atoms with Gasteiger partial charge in [0.15, 0.2) is 0 Å². The summed E-state index contributed by atoms with van der Waals surface area (Å²) in [7, 11) is -4.24. The fourth-order valence-corrected chi connectivity index (χ4v) is 2.22. The second kappa shape index (κ2) is 3.36. The lowest BCUT2D eigenvalue weighted by atomic mass is 9.96. The molecule has 0 saturated heterocycles. The maximum absolute atomic E-state index is 10.9. The molecule has 0 heterocycles. The molecule has 0 saturated carbocycles. The van der Waals surface area contributed by atoms with Gasteiger partial charge >= 0.3 is 0 Å². The number of fused-ring (bicyclic) bond motifs is 1. The molecule has 1 aromatic carbocycles. The third-order valence-corrected chi connectivity index (χ3v) is 3.25. The molecule has 0 radical (unpaired) electrons. The zero-order chi connectivity index (χ0) is 11.1. The summed E-state index contributed by atoms with van der Waals surface area (Å²) in [5, 5.41) is 9.59.